The Hall–Kier alpha value is 0.240. The van der Waals surface area contributed by atoms with Crippen LogP contribution in [-0.2, 0) is 0 Å². The third-order valence-corrected chi connectivity index (χ3v) is 2.41. The van der Waals surface area contributed by atoms with Crippen LogP contribution in [0, 0.1) is 0 Å². The SMILES string of the molecule is OC1CC(NCC(Cl)=CCl)C1. The lowest BCUT2D eigenvalue weighted by atomic mass is 9.90. The number of halogens is 2. The summed E-state index contributed by atoms with van der Waals surface area (Å²) in [6, 6.07) is 0.412. The van der Waals surface area contributed by atoms with E-state index in [9.17, 15) is 0 Å². The van der Waals surface area contributed by atoms with Crippen molar-refractivity contribution in [2.24, 2.45) is 0 Å². The highest BCUT2D eigenvalue weighted by atomic mass is 35.5. The Balaban J connectivity index is 2.05. The normalized spacial score (nSPS) is 31.7. The van der Waals surface area contributed by atoms with Crippen LogP contribution in [0.4, 0.5) is 0 Å². The van der Waals surface area contributed by atoms with E-state index in [1.54, 1.807) is 0 Å². The monoisotopic (exact) mass is 195 g/mol. The van der Waals surface area contributed by atoms with Crippen LogP contribution in [0.5, 0.6) is 0 Å². The molecule has 1 aliphatic rings. The topological polar surface area (TPSA) is 32.3 Å². The Bertz CT molecular complexity index is 155. The van der Waals surface area contributed by atoms with Gasteiger partial charge in [0.25, 0.3) is 0 Å². The summed E-state index contributed by atoms with van der Waals surface area (Å²) in [5.74, 6) is 0. The Kier molecular flexibility index (Phi) is 3.66. The molecule has 2 nitrogen and oxygen atoms in total. The Labute approximate surface area is 76.2 Å². The van der Waals surface area contributed by atoms with Gasteiger partial charge in [-0.05, 0) is 12.8 Å². The molecule has 0 aromatic rings. The van der Waals surface area contributed by atoms with Crippen LogP contribution in [0.1, 0.15) is 12.8 Å². The van der Waals surface area contributed by atoms with Crippen molar-refractivity contribution in [3.8, 4) is 0 Å². The fraction of sp³-hybridized carbons (Fsp3) is 0.714. The number of aliphatic hydroxyl groups is 1. The average molecular weight is 196 g/mol. The molecule has 0 unspecified atom stereocenters. The van der Waals surface area contributed by atoms with Crippen LogP contribution >= 0.6 is 23.2 Å². The molecular weight excluding hydrogens is 185 g/mol. The highest BCUT2D eigenvalue weighted by molar-refractivity contribution is 6.36. The van der Waals surface area contributed by atoms with Crippen LogP contribution < -0.4 is 5.32 Å². The van der Waals surface area contributed by atoms with E-state index < -0.39 is 0 Å². The fourth-order valence-electron chi connectivity index (χ4n) is 1.03. The van der Waals surface area contributed by atoms with Crippen LogP contribution in [0.2, 0.25) is 0 Å². The molecule has 1 rings (SSSR count). The Morgan fingerprint density at radius 2 is 2.27 bits per heavy atom. The number of nitrogens with one attached hydrogen (secondary N) is 1. The smallest absolute Gasteiger partial charge is 0.0570 e. The van der Waals surface area contributed by atoms with E-state index in [1.165, 1.54) is 5.54 Å². The van der Waals surface area contributed by atoms with Gasteiger partial charge in [-0.3, -0.25) is 0 Å². The molecule has 0 spiro atoms. The van der Waals surface area contributed by atoms with Gasteiger partial charge in [-0.25, -0.2) is 0 Å². The van der Waals surface area contributed by atoms with Gasteiger partial charge in [-0.1, -0.05) is 23.2 Å². The number of rotatable bonds is 3. The molecule has 1 saturated carbocycles. The summed E-state index contributed by atoms with van der Waals surface area (Å²) < 4.78 is 0. The molecule has 0 atom stereocenters. The highest BCUT2D eigenvalue weighted by Crippen LogP contribution is 2.19. The van der Waals surface area contributed by atoms with Crippen molar-refractivity contribution in [3.63, 3.8) is 0 Å². The van der Waals surface area contributed by atoms with Gasteiger partial charge in [-0.15, -0.1) is 0 Å². The predicted molar refractivity (Wildman–Crippen MR) is 46.8 cm³/mol. The molecular formula is C7H11Cl2NO. The van der Waals surface area contributed by atoms with E-state index in [4.69, 9.17) is 28.3 Å². The zero-order chi connectivity index (χ0) is 8.27. The average Bonchev–Trinajstić information content (AvgIpc) is 1.95. The van der Waals surface area contributed by atoms with E-state index in [0.717, 1.165) is 12.8 Å². The molecule has 0 bridgehead atoms. The van der Waals surface area contributed by atoms with E-state index in [-0.39, 0.29) is 6.10 Å². The van der Waals surface area contributed by atoms with Crippen LogP contribution in [0.25, 0.3) is 0 Å². The highest BCUT2D eigenvalue weighted by Gasteiger charge is 2.26. The third kappa shape index (κ3) is 2.99. The van der Waals surface area contributed by atoms with Crippen molar-refractivity contribution in [2.45, 2.75) is 25.0 Å². The van der Waals surface area contributed by atoms with Crippen LogP contribution in [0.3, 0.4) is 0 Å². The van der Waals surface area contributed by atoms with Gasteiger partial charge in [-0.2, -0.15) is 0 Å². The van der Waals surface area contributed by atoms with Crippen LogP contribution in [0.15, 0.2) is 10.6 Å². The lowest BCUT2D eigenvalue weighted by Gasteiger charge is -2.32. The lowest BCUT2D eigenvalue weighted by molar-refractivity contribution is 0.0640. The maximum Gasteiger partial charge on any atom is 0.0570 e. The first-order valence-electron chi connectivity index (χ1n) is 3.58. The Morgan fingerprint density at radius 1 is 1.64 bits per heavy atom. The van der Waals surface area contributed by atoms with Crippen molar-refractivity contribution in [1.82, 2.24) is 5.32 Å². The second kappa shape index (κ2) is 4.31. The molecule has 4 heteroatoms. The molecule has 0 aromatic heterocycles. The molecule has 0 aliphatic heterocycles. The first-order valence-corrected chi connectivity index (χ1v) is 4.40. The molecule has 64 valence electrons. The molecule has 0 radical (unpaired) electrons. The molecule has 0 saturated heterocycles. The van der Waals surface area contributed by atoms with Gasteiger partial charge in [0.15, 0.2) is 0 Å². The number of hydrogen-bond acceptors (Lipinski definition) is 2. The van der Waals surface area contributed by atoms with E-state index in [1.807, 2.05) is 0 Å². The summed E-state index contributed by atoms with van der Waals surface area (Å²) in [5, 5.41) is 12.7. The minimum atomic E-state index is -0.119. The maximum atomic E-state index is 8.93. The molecule has 2 N–H and O–H groups in total. The van der Waals surface area contributed by atoms with E-state index in [0.29, 0.717) is 17.6 Å². The third-order valence-electron chi connectivity index (χ3n) is 1.79. The van der Waals surface area contributed by atoms with Crippen molar-refractivity contribution in [3.05, 3.63) is 10.6 Å². The summed E-state index contributed by atoms with van der Waals surface area (Å²) >= 11 is 11.0. The van der Waals surface area contributed by atoms with Crippen molar-refractivity contribution >= 4 is 23.2 Å². The minimum absolute atomic E-state index is 0.119. The van der Waals surface area contributed by atoms with Gasteiger partial charge in [0, 0.05) is 23.2 Å². The predicted octanol–water partition coefficient (Wildman–Crippen LogP) is 1.42. The standard InChI is InChI=1S/C7H11Cl2NO/c8-3-5(9)4-10-6-1-7(11)2-6/h3,6-7,10-11H,1-2,4H2. The van der Waals surface area contributed by atoms with Gasteiger partial charge < -0.3 is 10.4 Å². The first-order chi connectivity index (χ1) is 5.22. The summed E-state index contributed by atoms with van der Waals surface area (Å²) in [4.78, 5) is 0. The van der Waals surface area contributed by atoms with Gasteiger partial charge in [0.2, 0.25) is 0 Å². The van der Waals surface area contributed by atoms with Crippen molar-refractivity contribution in [2.75, 3.05) is 6.54 Å². The minimum Gasteiger partial charge on any atom is -0.393 e. The Morgan fingerprint density at radius 3 is 2.73 bits per heavy atom. The van der Waals surface area contributed by atoms with Gasteiger partial charge in [0.1, 0.15) is 0 Å². The van der Waals surface area contributed by atoms with Crippen molar-refractivity contribution < 1.29 is 5.11 Å². The molecule has 1 aliphatic carbocycles. The van der Waals surface area contributed by atoms with Gasteiger partial charge in [0.05, 0.1) is 6.10 Å². The number of hydrogen-bond donors (Lipinski definition) is 2. The molecule has 0 heterocycles. The lowest BCUT2D eigenvalue weighted by Crippen LogP contribution is -2.44. The second-order valence-corrected chi connectivity index (χ2v) is 3.46. The largest absolute Gasteiger partial charge is 0.393 e. The van der Waals surface area contributed by atoms with E-state index in [2.05, 4.69) is 5.32 Å². The quantitative estimate of drug-likeness (QED) is 0.715. The molecule has 0 aromatic carbocycles. The summed E-state index contributed by atoms with van der Waals surface area (Å²) in [7, 11) is 0. The van der Waals surface area contributed by atoms with Crippen LogP contribution in [-0.4, -0.2) is 23.8 Å². The molecule has 0 amide bonds. The first kappa shape index (κ1) is 9.33. The summed E-state index contributed by atoms with van der Waals surface area (Å²) in [6.07, 6.45) is 1.53. The van der Waals surface area contributed by atoms with Gasteiger partial charge >= 0.3 is 0 Å². The fourth-order valence-corrected chi connectivity index (χ4v) is 1.19. The zero-order valence-corrected chi connectivity index (χ0v) is 7.57. The summed E-state index contributed by atoms with van der Waals surface area (Å²) in [6.45, 7) is 0.600. The second-order valence-electron chi connectivity index (χ2n) is 2.76. The van der Waals surface area contributed by atoms with E-state index >= 15 is 0 Å². The molecule has 11 heavy (non-hydrogen) atoms. The van der Waals surface area contributed by atoms with Crippen molar-refractivity contribution in [1.29, 1.82) is 0 Å². The zero-order valence-electron chi connectivity index (χ0n) is 6.06. The summed E-state index contributed by atoms with van der Waals surface area (Å²) in [5.41, 5.74) is 1.35. The number of aliphatic hydroxyl groups excluding tert-OH is 1. The maximum absolute atomic E-state index is 8.93. The molecule has 1 fully saturated rings.